The van der Waals surface area contributed by atoms with Crippen molar-refractivity contribution in [2.45, 2.75) is 0 Å². The zero-order valence-corrected chi connectivity index (χ0v) is 10.6. The van der Waals surface area contributed by atoms with E-state index in [0.29, 0.717) is 11.4 Å². The molecule has 8 nitrogen and oxygen atoms in total. The molecule has 0 spiro atoms. The maximum absolute atomic E-state index is 11.4. The van der Waals surface area contributed by atoms with Gasteiger partial charge >= 0.3 is 0 Å². The second-order valence-electron chi connectivity index (χ2n) is 3.99. The molecule has 1 aliphatic rings. The first kappa shape index (κ1) is 14.0. The Bertz CT molecular complexity index is 552. The third kappa shape index (κ3) is 2.77. The van der Waals surface area contributed by atoms with Crippen LogP contribution in [0.3, 0.4) is 0 Å². The summed E-state index contributed by atoms with van der Waals surface area (Å²) in [6.45, 7) is -0.0999. The summed E-state index contributed by atoms with van der Waals surface area (Å²) in [5.74, 6) is -0.469. The van der Waals surface area contributed by atoms with Gasteiger partial charge in [-0.1, -0.05) is 0 Å². The molecule has 1 aromatic rings. The molecular formula is C12H13N3O5. The van der Waals surface area contributed by atoms with Gasteiger partial charge in [-0.3, -0.25) is 14.5 Å². The van der Waals surface area contributed by atoms with Crippen molar-refractivity contribution in [3.8, 4) is 5.75 Å². The van der Waals surface area contributed by atoms with E-state index in [4.69, 9.17) is 9.94 Å². The van der Waals surface area contributed by atoms with E-state index in [1.165, 1.54) is 19.2 Å². The van der Waals surface area contributed by atoms with Crippen LogP contribution in [-0.4, -0.2) is 35.7 Å². The molecule has 1 aromatic carbocycles. The van der Waals surface area contributed by atoms with E-state index in [1.807, 2.05) is 0 Å². The van der Waals surface area contributed by atoms with Gasteiger partial charge in [-0.2, -0.15) is 5.23 Å². The highest BCUT2D eigenvalue weighted by molar-refractivity contribution is 6.12. The molecule has 1 atom stereocenters. The molecule has 1 heterocycles. The van der Waals surface area contributed by atoms with Crippen molar-refractivity contribution in [2.24, 2.45) is 0 Å². The Balaban J connectivity index is 2.13. The zero-order valence-electron chi connectivity index (χ0n) is 10.6. The van der Waals surface area contributed by atoms with Crippen molar-refractivity contribution in [1.29, 1.82) is 0 Å². The Hall–Kier alpha value is -2.42. The minimum Gasteiger partial charge on any atom is -0.595 e. The van der Waals surface area contributed by atoms with Crippen molar-refractivity contribution in [3.63, 3.8) is 0 Å². The fourth-order valence-corrected chi connectivity index (χ4v) is 1.73. The summed E-state index contributed by atoms with van der Waals surface area (Å²) in [7, 11) is 1.43. The lowest BCUT2D eigenvalue weighted by Gasteiger charge is -2.20. The predicted octanol–water partition coefficient (Wildman–Crippen LogP) is -0.607. The van der Waals surface area contributed by atoms with Crippen LogP contribution in [-0.2, 0) is 9.59 Å². The van der Waals surface area contributed by atoms with E-state index in [2.05, 4.69) is 5.32 Å². The Morgan fingerprint density at radius 1 is 1.35 bits per heavy atom. The topological polar surface area (TPSA) is 106 Å². The van der Waals surface area contributed by atoms with Crippen LogP contribution in [0.1, 0.15) is 0 Å². The highest BCUT2D eigenvalue weighted by atomic mass is 16.8. The van der Waals surface area contributed by atoms with Crippen LogP contribution in [0.15, 0.2) is 30.4 Å². The summed E-state index contributed by atoms with van der Waals surface area (Å²) in [5, 5.41) is 21.9. The molecule has 0 saturated heterocycles. The molecular weight excluding hydrogens is 266 g/mol. The van der Waals surface area contributed by atoms with Gasteiger partial charge in [0.25, 0.3) is 11.8 Å². The number of amides is 2. The van der Waals surface area contributed by atoms with E-state index >= 15 is 0 Å². The third-order valence-corrected chi connectivity index (χ3v) is 2.79. The van der Waals surface area contributed by atoms with Crippen LogP contribution in [0.2, 0.25) is 0 Å². The van der Waals surface area contributed by atoms with E-state index < -0.39 is 17.0 Å². The van der Waals surface area contributed by atoms with Crippen LogP contribution in [0.25, 0.3) is 0 Å². The molecule has 0 saturated carbocycles. The minimum atomic E-state index is -1.14. The summed E-state index contributed by atoms with van der Waals surface area (Å²) in [6, 6.07) is 4.46. The molecule has 2 rings (SSSR count). The van der Waals surface area contributed by atoms with Crippen molar-refractivity contribution in [3.05, 3.63) is 35.6 Å². The first-order valence-corrected chi connectivity index (χ1v) is 5.71. The number of carbonyl (C=O) groups is 2. The number of nitrogens with one attached hydrogen (secondary N) is 2. The lowest BCUT2D eigenvalue weighted by atomic mass is 10.2. The summed E-state index contributed by atoms with van der Waals surface area (Å²) in [5.41, 5.74) is 0.294. The average molecular weight is 279 g/mol. The number of hydrogen-bond donors (Lipinski definition) is 3. The van der Waals surface area contributed by atoms with Gasteiger partial charge in [-0.15, -0.1) is 0 Å². The van der Waals surface area contributed by atoms with Crippen molar-refractivity contribution >= 4 is 23.2 Å². The number of quaternary nitrogens is 1. The van der Waals surface area contributed by atoms with Crippen molar-refractivity contribution < 1.29 is 24.8 Å². The highest BCUT2D eigenvalue weighted by Crippen LogP contribution is 2.24. The lowest BCUT2D eigenvalue weighted by molar-refractivity contribution is -0.990. The normalized spacial score (nSPS) is 15.7. The summed E-state index contributed by atoms with van der Waals surface area (Å²) in [6.07, 6.45) is 2.33. The van der Waals surface area contributed by atoms with Crippen LogP contribution < -0.4 is 15.3 Å². The number of anilines is 1. The third-order valence-electron chi connectivity index (χ3n) is 2.79. The maximum Gasteiger partial charge on any atom is 0.255 e. The van der Waals surface area contributed by atoms with Crippen LogP contribution >= 0.6 is 0 Å². The number of nitrogens with zero attached hydrogens (tertiary/aromatic N) is 1. The molecule has 20 heavy (non-hydrogen) atoms. The number of methoxy groups -OCH3 is 1. The fraction of sp³-hybridized carbons (Fsp3) is 0.167. The van der Waals surface area contributed by atoms with Gasteiger partial charge in [0.1, 0.15) is 11.4 Å². The van der Waals surface area contributed by atoms with E-state index in [9.17, 15) is 14.8 Å². The van der Waals surface area contributed by atoms with Crippen LogP contribution in [0.4, 0.5) is 11.4 Å². The molecule has 2 amide bonds. The smallest absolute Gasteiger partial charge is 0.255 e. The standard InChI is InChI=1S/C12H13N3O5/c1-20-8-2-3-9(10(6-8)15(18)19)13-7-14-11(16)4-5-12(14)17/h2-6,13,15,18H,7H2,1H3. The van der Waals surface area contributed by atoms with Crippen LogP contribution in [0.5, 0.6) is 5.75 Å². The first-order chi connectivity index (χ1) is 9.52. The minimum absolute atomic E-state index is 0.00333. The largest absolute Gasteiger partial charge is 0.595 e. The monoisotopic (exact) mass is 279 g/mol. The van der Waals surface area contributed by atoms with Gasteiger partial charge in [0.2, 0.25) is 0 Å². The van der Waals surface area contributed by atoms with E-state index in [1.54, 1.807) is 6.07 Å². The summed E-state index contributed by atoms with van der Waals surface area (Å²) in [4.78, 5) is 23.7. The number of imide groups is 1. The molecule has 8 heteroatoms. The lowest BCUT2D eigenvalue weighted by Crippen LogP contribution is -2.99. The van der Waals surface area contributed by atoms with Gasteiger partial charge in [0, 0.05) is 18.2 Å². The molecule has 0 fully saturated rings. The van der Waals surface area contributed by atoms with Crippen molar-refractivity contribution in [2.75, 3.05) is 19.1 Å². The number of hydrogen-bond acceptors (Lipinski definition) is 6. The Labute approximate surface area is 114 Å². The van der Waals surface area contributed by atoms with Gasteiger partial charge in [-0.25, -0.2) is 5.21 Å². The molecule has 0 radical (unpaired) electrons. The second-order valence-corrected chi connectivity index (χ2v) is 3.99. The highest BCUT2D eigenvalue weighted by Gasteiger charge is 2.23. The quantitative estimate of drug-likeness (QED) is 0.490. The molecule has 0 bridgehead atoms. The molecule has 1 aliphatic heterocycles. The van der Waals surface area contributed by atoms with E-state index in [-0.39, 0.29) is 12.4 Å². The summed E-state index contributed by atoms with van der Waals surface area (Å²) >= 11 is 0. The first-order valence-electron chi connectivity index (χ1n) is 5.71. The number of rotatable bonds is 5. The predicted molar refractivity (Wildman–Crippen MR) is 68.3 cm³/mol. The maximum atomic E-state index is 11.4. The number of carbonyl (C=O) groups excluding carboxylic acids is 2. The number of ether oxygens (including phenoxy) is 1. The SMILES string of the molecule is COc1ccc(NCN2C(=O)C=CC2=O)c([NH+]([O-])O)c1. The number of benzene rings is 1. The van der Waals surface area contributed by atoms with Gasteiger partial charge < -0.3 is 15.3 Å². The fourth-order valence-electron chi connectivity index (χ4n) is 1.73. The zero-order chi connectivity index (χ0) is 14.7. The Morgan fingerprint density at radius 3 is 2.55 bits per heavy atom. The molecule has 0 aromatic heterocycles. The van der Waals surface area contributed by atoms with Gasteiger partial charge in [0.15, 0.2) is 5.69 Å². The van der Waals surface area contributed by atoms with Gasteiger partial charge in [0.05, 0.1) is 13.8 Å². The second kappa shape index (κ2) is 5.70. The van der Waals surface area contributed by atoms with Crippen molar-refractivity contribution in [1.82, 2.24) is 4.90 Å². The van der Waals surface area contributed by atoms with Gasteiger partial charge in [-0.05, 0) is 12.1 Å². The van der Waals surface area contributed by atoms with Crippen LogP contribution in [0, 0.1) is 5.21 Å². The van der Waals surface area contributed by atoms with E-state index in [0.717, 1.165) is 17.1 Å². The molecule has 0 aliphatic carbocycles. The molecule has 3 N–H and O–H groups in total. The Kier molecular flexibility index (Phi) is 3.99. The molecule has 106 valence electrons. The molecule has 1 unspecified atom stereocenters. The summed E-state index contributed by atoms with van der Waals surface area (Å²) < 4.78 is 4.95. The Morgan fingerprint density at radius 2 is 2.00 bits per heavy atom. The average Bonchev–Trinajstić information content (AvgIpc) is 2.75.